The Morgan fingerprint density at radius 1 is 0.947 bits per heavy atom. The van der Waals surface area contributed by atoms with E-state index in [1.165, 1.54) is 10.9 Å². The van der Waals surface area contributed by atoms with Crippen molar-refractivity contribution >= 4 is 45.6 Å². The van der Waals surface area contributed by atoms with Gasteiger partial charge in [-0.2, -0.15) is 5.10 Å². The predicted molar refractivity (Wildman–Crippen MR) is 146 cm³/mol. The lowest BCUT2D eigenvalue weighted by Crippen LogP contribution is -2.34. The van der Waals surface area contributed by atoms with Crippen molar-refractivity contribution in [3.05, 3.63) is 111 Å². The molecule has 3 aromatic carbocycles. The van der Waals surface area contributed by atoms with E-state index < -0.39 is 23.3 Å². The number of amides is 2. The number of rotatable bonds is 6. The van der Waals surface area contributed by atoms with Gasteiger partial charge >= 0.3 is 17.8 Å². The maximum absolute atomic E-state index is 12.9. The predicted octanol–water partition coefficient (Wildman–Crippen LogP) is 3.55. The van der Waals surface area contributed by atoms with E-state index in [1.807, 2.05) is 6.07 Å². The molecule has 1 heterocycles. The maximum atomic E-state index is 12.9. The maximum Gasteiger partial charge on any atom is 0.344 e. The summed E-state index contributed by atoms with van der Waals surface area (Å²) >= 11 is 3.31. The van der Waals surface area contributed by atoms with Gasteiger partial charge in [0.25, 0.3) is 5.56 Å². The highest BCUT2D eigenvalue weighted by molar-refractivity contribution is 9.10. The number of hydrazone groups is 1. The lowest BCUT2D eigenvalue weighted by Gasteiger charge is -2.07. The fourth-order valence-electron chi connectivity index (χ4n) is 3.55. The summed E-state index contributed by atoms with van der Waals surface area (Å²) in [7, 11) is 1.67. The highest BCUT2D eigenvalue weighted by atomic mass is 79.9. The third kappa shape index (κ3) is 5.79. The number of ether oxygens (including phenoxy) is 1. The van der Waals surface area contributed by atoms with Gasteiger partial charge in [0.2, 0.25) is 0 Å². The molecule has 1 aromatic heterocycles. The van der Waals surface area contributed by atoms with E-state index in [0.29, 0.717) is 27.0 Å². The zero-order valence-electron chi connectivity index (χ0n) is 20.3. The Morgan fingerprint density at radius 3 is 2.39 bits per heavy atom. The zero-order valence-corrected chi connectivity index (χ0v) is 21.9. The minimum absolute atomic E-state index is 0.0138. The van der Waals surface area contributed by atoms with Crippen molar-refractivity contribution in [2.75, 3.05) is 5.32 Å². The number of aromatic nitrogens is 2. The van der Waals surface area contributed by atoms with E-state index in [1.54, 1.807) is 91.4 Å². The van der Waals surface area contributed by atoms with Crippen LogP contribution in [-0.2, 0) is 16.6 Å². The number of nitrogens with one attached hydrogen (secondary N) is 2. The number of hydrogen-bond acceptors (Lipinski definition) is 6. The number of benzene rings is 3. The summed E-state index contributed by atoms with van der Waals surface area (Å²) < 4.78 is 8.98. The monoisotopic (exact) mass is 575 g/mol. The molecule has 11 heteroatoms. The van der Waals surface area contributed by atoms with E-state index in [4.69, 9.17) is 4.74 Å². The van der Waals surface area contributed by atoms with E-state index >= 15 is 0 Å². The zero-order chi connectivity index (χ0) is 27.2. The van der Waals surface area contributed by atoms with Gasteiger partial charge in [-0.05, 0) is 64.8 Å². The highest BCUT2D eigenvalue weighted by Gasteiger charge is 2.21. The van der Waals surface area contributed by atoms with Crippen molar-refractivity contribution in [1.82, 2.24) is 14.8 Å². The van der Waals surface area contributed by atoms with E-state index in [-0.39, 0.29) is 11.4 Å². The van der Waals surface area contributed by atoms with Gasteiger partial charge in [0, 0.05) is 11.5 Å². The fourth-order valence-corrected chi connectivity index (χ4v) is 3.99. The highest BCUT2D eigenvalue weighted by Crippen LogP contribution is 2.20. The minimum atomic E-state index is -1.06. The van der Waals surface area contributed by atoms with Crippen LogP contribution in [0, 0.1) is 6.92 Å². The first-order valence-electron chi connectivity index (χ1n) is 11.3. The average molecular weight is 576 g/mol. The van der Waals surface area contributed by atoms with Gasteiger partial charge in [0.05, 0.1) is 23.2 Å². The molecule has 2 N–H and O–H groups in total. The lowest BCUT2D eigenvalue weighted by molar-refractivity contribution is -0.136. The van der Waals surface area contributed by atoms with Crippen LogP contribution in [0.25, 0.3) is 5.69 Å². The van der Waals surface area contributed by atoms with Crippen LogP contribution in [0.5, 0.6) is 5.75 Å². The van der Waals surface area contributed by atoms with Crippen LogP contribution in [0.1, 0.15) is 21.6 Å². The summed E-state index contributed by atoms with van der Waals surface area (Å²) in [6, 6.07) is 22.2. The number of nitrogens with zero attached hydrogens (tertiary/aromatic N) is 3. The Balaban J connectivity index is 1.39. The quantitative estimate of drug-likeness (QED) is 0.120. The Morgan fingerprint density at radius 2 is 1.66 bits per heavy atom. The fraction of sp³-hybridized carbons (Fsp3) is 0.0741. The molecule has 38 heavy (non-hydrogen) atoms. The molecule has 0 aliphatic heterocycles. The normalized spacial score (nSPS) is 10.8. The van der Waals surface area contributed by atoms with Gasteiger partial charge in [-0.25, -0.2) is 14.9 Å². The summed E-state index contributed by atoms with van der Waals surface area (Å²) in [5.41, 5.74) is 3.59. The summed E-state index contributed by atoms with van der Waals surface area (Å²) in [6.45, 7) is 1.66. The summed E-state index contributed by atoms with van der Waals surface area (Å²) in [5, 5.41) is 6.16. The van der Waals surface area contributed by atoms with E-state index in [0.717, 1.165) is 0 Å². The van der Waals surface area contributed by atoms with Crippen LogP contribution in [0.15, 0.2) is 93.2 Å². The molecule has 0 fully saturated rings. The van der Waals surface area contributed by atoms with Crippen LogP contribution >= 0.6 is 15.9 Å². The van der Waals surface area contributed by atoms with Gasteiger partial charge in [-0.1, -0.05) is 42.5 Å². The Bertz CT molecular complexity index is 1610. The average Bonchev–Trinajstić information content (AvgIpc) is 3.12. The Hall–Kier alpha value is -4.77. The van der Waals surface area contributed by atoms with Crippen molar-refractivity contribution in [2.24, 2.45) is 12.1 Å². The number of para-hydroxylation sites is 1. The van der Waals surface area contributed by atoms with Crippen molar-refractivity contribution in [3.63, 3.8) is 0 Å². The standard InChI is InChI=1S/C27H22BrN5O5/c1-17-23(26(36)33(32(17)2)19-10-4-3-5-11-19)30-24(34)25(35)31-29-16-18-9-8-12-20(15-18)38-27(37)21-13-6-7-14-22(21)28/h3-16H,1-2H3,(H,30,34)(H,31,35). The van der Waals surface area contributed by atoms with Crippen molar-refractivity contribution in [1.29, 1.82) is 0 Å². The molecule has 4 rings (SSSR count). The van der Waals surface area contributed by atoms with Crippen LogP contribution in [0.2, 0.25) is 0 Å². The topological polar surface area (TPSA) is 124 Å². The summed E-state index contributed by atoms with van der Waals surface area (Å²) in [6.07, 6.45) is 1.29. The van der Waals surface area contributed by atoms with Gasteiger partial charge in [0.1, 0.15) is 11.4 Å². The van der Waals surface area contributed by atoms with Gasteiger partial charge in [0.15, 0.2) is 0 Å². The smallest absolute Gasteiger partial charge is 0.344 e. The van der Waals surface area contributed by atoms with Crippen LogP contribution in [0.3, 0.4) is 0 Å². The second-order valence-electron chi connectivity index (χ2n) is 8.03. The van der Waals surface area contributed by atoms with Crippen LogP contribution in [0.4, 0.5) is 5.69 Å². The molecule has 0 bridgehead atoms. The molecule has 0 unspecified atom stereocenters. The molecule has 0 spiro atoms. The third-order valence-corrected chi connectivity index (χ3v) is 6.23. The Kier molecular flexibility index (Phi) is 7.97. The van der Waals surface area contributed by atoms with Crippen molar-refractivity contribution < 1.29 is 19.1 Å². The molecule has 0 saturated heterocycles. The van der Waals surface area contributed by atoms with E-state index in [9.17, 15) is 19.2 Å². The molecule has 0 atom stereocenters. The first kappa shape index (κ1) is 26.3. The molecule has 4 aromatic rings. The van der Waals surface area contributed by atoms with Crippen molar-refractivity contribution in [3.8, 4) is 11.4 Å². The Labute approximate surface area is 225 Å². The molecule has 0 radical (unpaired) electrons. The van der Waals surface area contributed by atoms with Crippen molar-refractivity contribution in [2.45, 2.75) is 6.92 Å². The first-order chi connectivity index (χ1) is 18.3. The number of halogens is 1. The lowest BCUT2D eigenvalue weighted by atomic mass is 10.2. The molecular weight excluding hydrogens is 554 g/mol. The number of anilines is 1. The van der Waals surface area contributed by atoms with Gasteiger partial charge in [-0.15, -0.1) is 0 Å². The van der Waals surface area contributed by atoms with Crippen LogP contribution < -0.4 is 21.0 Å². The largest absolute Gasteiger partial charge is 0.423 e. The number of carbonyl (C=O) groups excluding carboxylic acids is 3. The SMILES string of the molecule is Cc1c(NC(=O)C(=O)NN=Cc2cccc(OC(=O)c3ccccc3Br)c2)c(=O)n(-c2ccccc2)n1C. The second kappa shape index (κ2) is 11.5. The summed E-state index contributed by atoms with van der Waals surface area (Å²) in [4.78, 5) is 50.1. The molecule has 0 aliphatic rings. The number of hydrogen-bond donors (Lipinski definition) is 2. The first-order valence-corrected chi connectivity index (χ1v) is 12.1. The number of esters is 1. The number of carbonyl (C=O) groups is 3. The van der Waals surface area contributed by atoms with Crippen LogP contribution in [-0.4, -0.2) is 33.4 Å². The molecule has 2 amide bonds. The summed E-state index contributed by atoms with van der Waals surface area (Å²) in [5.74, 6) is -2.39. The van der Waals surface area contributed by atoms with Gasteiger partial charge < -0.3 is 10.1 Å². The minimum Gasteiger partial charge on any atom is -0.423 e. The molecule has 0 saturated carbocycles. The molecule has 192 valence electrons. The van der Waals surface area contributed by atoms with Gasteiger partial charge in [-0.3, -0.25) is 19.1 Å². The second-order valence-corrected chi connectivity index (χ2v) is 8.89. The third-order valence-electron chi connectivity index (χ3n) is 5.54. The molecule has 10 nitrogen and oxygen atoms in total. The molecule has 0 aliphatic carbocycles. The molecular formula is C27H22BrN5O5. The van der Waals surface area contributed by atoms with E-state index in [2.05, 4.69) is 31.8 Å².